The van der Waals surface area contributed by atoms with Crippen LogP contribution in [0.25, 0.3) is 0 Å². The SMILES string of the molecule is CCNc1nc(Cl)c(S(=O)(=O)NCC)s1. The van der Waals surface area contributed by atoms with Crippen molar-refractivity contribution in [3.05, 3.63) is 5.15 Å². The fourth-order valence-electron chi connectivity index (χ4n) is 0.936. The van der Waals surface area contributed by atoms with Gasteiger partial charge in [-0.15, -0.1) is 0 Å². The topological polar surface area (TPSA) is 71.1 Å². The maximum atomic E-state index is 11.6. The van der Waals surface area contributed by atoms with Crippen LogP contribution in [0.4, 0.5) is 5.13 Å². The Bertz CT molecular complexity index is 429. The third-order valence-corrected chi connectivity index (χ3v) is 5.03. The smallest absolute Gasteiger partial charge is 0.253 e. The molecule has 15 heavy (non-hydrogen) atoms. The average molecular weight is 270 g/mol. The van der Waals surface area contributed by atoms with Crippen molar-refractivity contribution in [1.29, 1.82) is 0 Å². The molecule has 0 aliphatic rings. The normalized spacial score (nSPS) is 11.7. The number of hydrogen-bond donors (Lipinski definition) is 2. The minimum Gasteiger partial charge on any atom is -0.362 e. The van der Waals surface area contributed by atoms with Gasteiger partial charge in [0.15, 0.2) is 14.5 Å². The van der Waals surface area contributed by atoms with Crippen LogP contribution in [-0.4, -0.2) is 26.5 Å². The maximum Gasteiger partial charge on any atom is 0.253 e. The van der Waals surface area contributed by atoms with Gasteiger partial charge in [0.1, 0.15) is 0 Å². The van der Waals surface area contributed by atoms with Gasteiger partial charge in [-0.3, -0.25) is 0 Å². The highest BCUT2D eigenvalue weighted by molar-refractivity contribution is 7.91. The summed E-state index contributed by atoms with van der Waals surface area (Å²) in [4.78, 5) is 3.90. The molecule has 1 aromatic heterocycles. The number of aromatic nitrogens is 1. The van der Waals surface area contributed by atoms with Gasteiger partial charge in [-0.2, -0.15) is 0 Å². The zero-order valence-corrected chi connectivity index (χ0v) is 10.8. The molecule has 1 heterocycles. The van der Waals surface area contributed by atoms with E-state index in [0.29, 0.717) is 18.2 Å². The number of rotatable bonds is 5. The van der Waals surface area contributed by atoms with Crippen LogP contribution in [0.15, 0.2) is 4.21 Å². The molecule has 0 saturated heterocycles. The molecule has 0 aliphatic carbocycles. The standard InChI is InChI=1S/C7H12ClN3O2S2/c1-3-9-7-11-5(8)6(14-7)15(12,13)10-4-2/h10H,3-4H2,1-2H3,(H,9,11). The van der Waals surface area contributed by atoms with E-state index in [2.05, 4.69) is 15.0 Å². The molecule has 0 spiro atoms. The predicted octanol–water partition coefficient (Wildman–Crippen LogP) is 1.53. The van der Waals surface area contributed by atoms with Gasteiger partial charge in [0, 0.05) is 13.1 Å². The summed E-state index contributed by atoms with van der Waals surface area (Å²) in [5, 5.41) is 3.44. The molecule has 0 amide bonds. The quantitative estimate of drug-likeness (QED) is 0.850. The van der Waals surface area contributed by atoms with Crippen molar-refractivity contribution in [3.8, 4) is 0 Å². The summed E-state index contributed by atoms with van der Waals surface area (Å²) >= 11 is 6.77. The summed E-state index contributed by atoms with van der Waals surface area (Å²) in [6, 6.07) is 0. The first kappa shape index (κ1) is 12.7. The summed E-state index contributed by atoms with van der Waals surface area (Å²) in [5.74, 6) is 0. The van der Waals surface area contributed by atoms with Crippen molar-refractivity contribution < 1.29 is 8.42 Å². The largest absolute Gasteiger partial charge is 0.362 e. The lowest BCUT2D eigenvalue weighted by atomic mass is 10.8. The second kappa shape index (κ2) is 5.11. The minimum absolute atomic E-state index is 0.0110. The first-order valence-electron chi connectivity index (χ1n) is 4.41. The molecule has 86 valence electrons. The van der Waals surface area contributed by atoms with Gasteiger partial charge in [-0.25, -0.2) is 18.1 Å². The number of nitrogens with zero attached hydrogens (tertiary/aromatic N) is 1. The Morgan fingerprint density at radius 3 is 2.60 bits per heavy atom. The molecule has 0 aliphatic heterocycles. The zero-order valence-electron chi connectivity index (χ0n) is 8.37. The molecular formula is C7H12ClN3O2S2. The number of hydrogen-bond acceptors (Lipinski definition) is 5. The van der Waals surface area contributed by atoms with Crippen LogP contribution in [-0.2, 0) is 10.0 Å². The molecular weight excluding hydrogens is 258 g/mol. The first-order valence-corrected chi connectivity index (χ1v) is 7.08. The summed E-state index contributed by atoms with van der Waals surface area (Å²) in [6.45, 7) is 4.60. The third-order valence-electron chi connectivity index (χ3n) is 1.46. The zero-order chi connectivity index (χ0) is 11.5. The van der Waals surface area contributed by atoms with Crippen molar-refractivity contribution >= 4 is 38.1 Å². The van der Waals surface area contributed by atoms with Crippen LogP contribution in [0.3, 0.4) is 0 Å². The third kappa shape index (κ3) is 3.04. The second-order valence-corrected chi connectivity index (χ2v) is 5.95. The molecule has 1 aromatic rings. The summed E-state index contributed by atoms with van der Waals surface area (Å²) in [7, 11) is -3.50. The Hall–Kier alpha value is -0.370. The lowest BCUT2D eigenvalue weighted by molar-refractivity contribution is 0.586. The van der Waals surface area contributed by atoms with Gasteiger partial charge in [-0.05, 0) is 6.92 Å². The molecule has 0 unspecified atom stereocenters. The van der Waals surface area contributed by atoms with Crippen molar-refractivity contribution in [2.24, 2.45) is 0 Å². The van der Waals surface area contributed by atoms with Crippen molar-refractivity contribution in [3.63, 3.8) is 0 Å². The molecule has 1 rings (SSSR count). The van der Waals surface area contributed by atoms with E-state index in [4.69, 9.17) is 11.6 Å². The van der Waals surface area contributed by atoms with Crippen LogP contribution >= 0.6 is 22.9 Å². The number of nitrogens with one attached hydrogen (secondary N) is 2. The van der Waals surface area contributed by atoms with E-state index in [1.165, 1.54) is 0 Å². The van der Waals surface area contributed by atoms with E-state index in [0.717, 1.165) is 11.3 Å². The molecule has 5 nitrogen and oxygen atoms in total. The highest BCUT2D eigenvalue weighted by Gasteiger charge is 2.21. The van der Waals surface area contributed by atoms with Crippen LogP contribution in [0, 0.1) is 0 Å². The molecule has 0 saturated carbocycles. The van der Waals surface area contributed by atoms with Gasteiger partial charge < -0.3 is 5.32 Å². The highest BCUT2D eigenvalue weighted by atomic mass is 35.5. The number of sulfonamides is 1. The van der Waals surface area contributed by atoms with Crippen molar-refractivity contribution in [1.82, 2.24) is 9.71 Å². The molecule has 0 radical (unpaired) electrons. The van der Waals surface area contributed by atoms with E-state index in [1.807, 2.05) is 6.92 Å². The first-order chi connectivity index (χ1) is 7.01. The monoisotopic (exact) mass is 269 g/mol. The molecule has 0 bridgehead atoms. The molecule has 0 atom stereocenters. The Kier molecular flexibility index (Phi) is 4.32. The summed E-state index contributed by atoms with van der Waals surface area (Å²) in [5.41, 5.74) is 0. The predicted molar refractivity (Wildman–Crippen MR) is 62.2 cm³/mol. The van der Waals surface area contributed by atoms with Crippen molar-refractivity contribution in [2.75, 3.05) is 18.4 Å². The van der Waals surface area contributed by atoms with Gasteiger partial charge in [0.2, 0.25) is 0 Å². The van der Waals surface area contributed by atoms with E-state index in [1.54, 1.807) is 6.92 Å². The maximum absolute atomic E-state index is 11.6. The van der Waals surface area contributed by atoms with Crippen LogP contribution in [0.5, 0.6) is 0 Å². The Morgan fingerprint density at radius 2 is 2.07 bits per heavy atom. The van der Waals surface area contributed by atoms with Gasteiger partial charge in [-0.1, -0.05) is 29.9 Å². The summed E-state index contributed by atoms with van der Waals surface area (Å²) < 4.78 is 25.7. The molecule has 8 heteroatoms. The van der Waals surface area contributed by atoms with Crippen LogP contribution in [0.1, 0.15) is 13.8 Å². The van der Waals surface area contributed by atoms with Crippen LogP contribution < -0.4 is 10.0 Å². The Labute approximate surface area is 97.9 Å². The lowest BCUT2D eigenvalue weighted by Crippen LogP contribution is -2.22. The van der Waals surface area contributed by atoms with Gasteiger partial charge in [0.05, 0.1) is 0 Å². The minimum atomic E-state index is -3.50. The second-order valence-electron chi connectivity index (χ2n) is 2.63. The molecule has 2 N–H and O–H groups in total. The van der Waals surface area contributed by atoms with Crippen molar-refractivity contribution in [2.45, 2.75) is 18.1 Å². The Balaban J connectivity index is 3.04. The fourth-order valence-corrected chi connectivity index (χ4v) is 3.78. The molecule has 0 fully saturated rings. The lowest BCUT2D eigenvalue weighted by Gasteiger charge is -1.99. The van der Waals surface area contributed by atoms with E-state index in [-0.39, 0.29) is 9.36 Å². The molecule has 0 aromatic carbocycles. The van der Waals surface area contributed by atoms with Crippen LogP contribution in [0.2, 0.25) is 5.15 Å². The van der Waals surface area contributed by atoms with Gasteiger partial charge >= 0.3 is 0 Å². The number of halogens is 1. The van der Waals surface area contributed by atoms with E-state index >= 15 is 0 Å². The van der Waals surface area contributed by atoms with E-state index < -0.39 is 10.0 Å². The highest BCUT2D eigenvalue weighted by Crippen LogP contribution is 2.30. The number of thiazole rings is 1. The Morgan fingerprint density at radius 1 is 1.40 bits per heavy atom. The fraction of sp³-hybridized carbons (Fsp3) is 0.571. The summed E-state index contributed by atoms with van der Waals surface area (Å²) in [6.07, 6.45) is 0. The van der Waals surface area contributed by atoms with E-state index in [9.17, 15) is 8.42 Å². The van der Waals surface area contributed by atoms with Gasteiger partial charge in [0.25, 0.3) is 10.0 Å². The average Bonchev–Trinajstić information content (AvgIpc) is 2.48. The number of anilines is 1.